The van der Waals surface area contributed by atoms with Gasteiger partial charge in [0.2, 0.25) is 0 Å². The largest absolute Gasteiger partial charge is 0.379 e. The highest BCUT2D eigenvalue weighted by molar-refractivity contribution is 5.19. The zero-order valence-corrected chi connectivity index (χ0v) is 10.7. The second-order valence-corrected chi connectivity index (χ2v) is 4.67. The van der Waals surface area contributed by atoms with E-state index < -0.39 is 0 Å². The summed E-state index contributed by atoms with van der Waals surface area (Å²) in [7, 11) is 2.03. The third kappa shape index (κ3) is 3.28. The van der Waals surface area contributed by atoms with Gasteiger partial charge in [0.05, 0.1) is 13.2 Å². The molecule has 1 aromatic carbocycles. The van der Waals surface area contributed by atoms with Gasteiger partial charge in [-0.05, 0) is 19.5 Å². The van der Waals surface area contributed by atoms with E-state index in [0.29, 0.717) is 12.1 Å². The van der Waals surface area contributed by atoms with Crippen LogP contribution in [0.4, 0.5) is 0 Å². The highest BCUT2D eigenvalue weighted by atomic mass is 16.5. The Morgan fingerprint density at radius 3 is 2.82 bits per heavy atom. The molecule has 1 fully saturated rings. The Bertz CT molecular complexity index is 328. The molecular formula is C14H22N2O. The Morgan fingerprint density at radius 1 is 1.41 bits per heavy atom. The lowest BCUT2D eigenvalue weighted by molar-refractivity contribution is -0.00416. The van der Waals surface area contributed by atoms with Crippen LogP contribution in [-0.4, -0.2) is 44.3 Å². The van der Waals surface area contributed by atoms with Gasteiger partial charge in [0.15, 0.2) is 0 Å². The highest BCUT2D eigenvalue weighted by Gasteiger charge is 2.22. The maximum absolute atomic E-state index is 5.47. The summed E-state index contributed by atoms with van der Waals surface area (Å²) in [6.45, 7) is 6.02. The van der Waals surface area contributed by atoms with Gasteiger partial charge in [-0.15, -0.1) is 0 Å². The molecule has 1 saturated heterocycles. The molecular weight excluding hydrogens is 212 g/mol. The van der Waals surface area contributed by atoms with Crippen molar-refractivity contribution in [2.45, 2.75) is 19.0 Å². The topological polar surface area (TPSA) is 24.5 Å². The van der Waals surface area contributed by atoms with Crippen molar-refractivity contribution < 1.29 is 4.74 Å². The standard InChI is InChI=1S/C14H22N2O/c1-12-11-17-9-8-16(12)10-14(15-2)13-6-4-3-5-7-13/h3-7,12,14-15H,8-11H2,1-2H3. The van der Waals surface area contributed by atoms with Gasteiger partial charge in [-0.3, -0.25) is 4.90 Å². The number of rotatable bonds is 4. The summed E-state index contributed by atoms with van der Waals surface area (Å²) in [6, 6.07) is 11.6. The molecule has 2 unspecified atom stereocenters. The van der Waals surface area contributed by atoms with E-state index in [1.54, 1.807) is 0 Å². The van der Waals surface area contributed by atoms with Crippen LogP contribution >= 0.6 is 0 Å². The van der Waals surface area contributed by atoms with Crippen LogP contribution in [0.25, 0.3) is 0 Å². The molecule has 2 rings (SSSR count). The van der Waals surface area contributed by atoms with Gasteiger partial charge in [0, 0.05) is 25.2 Å². The number of morpholine rings is 1. The van der Waals surface area contributed by atoms with E-state index in [1.165, 1.54) is 5.56 Å². The molecule has 0 aliphatic carbocycles. The Morgan fingerprint density at radius 2 is 2.18 bits per heavy atom. The van der Waals surface area contributed by atoms with Crippen molar-refractivity contribution in [1.29, 1.82) is 0 Å². The fourth-order valence-electron chi connectivity index (χ4n) is 2.32. The first-order valence-corrected chi connectivity index (χ1v) is 6.35. The monoisotopic (exact) mass is 234 g/mol. The van der Waals surface area contributed by atoms with E-state index in [1.807, 2.05) is 7.05 Å². The van der Waals surface area contributed by atoms with E-state index in [2.05, 4.69) is 47.5 Å². The van der Waals surface area contributed by atoms with Gasteiger partial charge >= 0.3 is 0 Å². The Hall–Kier alpha value is -0.900. The maximum atomic E-state index is 5.47. The molecule has 0 saturated carbocycles. The normalized spacial score (nSPS) is 23.5. The second-order valence-electron chi connectivity index (χ2n) is 4.67. The quantitative estimate of drug-likeness (QED) is 0.857. The molecule has 0 aromatic heterocycles. The van der Waals surface area contributed by atoms with Gasteiger partial charge in [-0.2, -0.15) is 0 Å². The van der Waals surface area contributed by atoms with Crippen molar-refractivity contribution in [3.63, 3.8) is 0 Å². The Labute approximate surface area is 104 Å². The van der Waals surface area contributed by atoms with Crippen molar-refractivity contribution in [3.8, 4) is 0 Å². The third-order valence-corrected chi connectivity index (χ3v) is 3.47. The molecule has 17 heavy (non-hydrogen) atoms. The number of nitrogens with one attached hydrogen (secondary N) is 1. The minimum atomic E-state index is 0.400. The van der Waals surface area contributed by atoms with Gasteiger partial charge in [-0.1, -0.05) is 30.3 Å². The first kappa shape index (κ1) is 12.6. The lowest BCUT2D eigenvalue weighted by atomic mass is 10.1. The maximum Gasteiger partial charge on any atom is 0.0619 e. The van der Waals surface area contributed by atoms with Crippen molar-refractivity contribution in [2.24, 2.45) is 0 Å². The van der Waals surface area contributed by atoms with Gasteiger partial charge in [0.25, 0.3) is 0 Å². The molecule has 1 N–H and O–H groups in total. The zero-order valence-electron chi connectivity index (χ0n) is 10.7. The van der Waals surface area contributed by atoms with Crippen LogP contribution in [0.1, 0.15) is 18.5 Å². The molecule has 0 radical (unpaired) electrons. The predicted octanol–water partition coefficient (Wildman–Crippen LogP) is 1.67. The van der Waals surface area contributed by atoms with E-state index in [4.69, 9.17) is 4.74 Å². The summed E-state index contributed by atoms with van der Waals surface area (Å²) >= 11 is 0. The number of ether oxygens (including phenoxy) is 1. The first-order valence-electron chi connectivity index (χ1n) is 6.35. The molecule has 94 valence electrons. The predicted molar refractivity (Wildman–Crippen MR) is 70.1 cm³/mol. The van der Waals surface area contributed by atoms with Crippen molar-refractivity contribution in [1.82, 2.24) is 10.2 Å². The fraction of sp³-hybridized carbons (Fsp3) is 0.571. The smallest absolute Gasteiger partial charge is 0.0619 e. The Kier molecular flexibility index (Phi) is 4.54. The SMILES string of the molecule is CNC(CN1CCOCC1C)c1ccccc1. The highest BCUT2D eigenvalue weighted by Crippen LogP contribution is 2.16. The fourth-order valence-corrected chi connectivity index (χ4v) is 2.32. The molecule has 1 aliphatic rings. The first-order chi connectivity index (χ1) is 8.31. The average Bonchev–Trinajstić information content (AvgIpc) is 2.39. The number of nitrogens with zero attached hydrogens (tertiary/aromatic N) is 1. The van der Waals surface area contributed by atoms with Gasteiger partial charge in [-0.25, -0.2) is 0 Å². The molecule has 1 aliphatic heterocycles. The van der Waals surface area contributed by atoms with E-state index in [-0.39, 0.29) is 0 Å². The molecule has 1 aromatic rings. The van der Waals surface area contributed by atoms with E-state index >= 15 is 0 Å². The average molecular weight is 234 g/mol. The molecule has 0 spiro atoms. The van der Waals surface area contributed by atoms with E-state index in [0.717, 1.165) is 26.3 Å². The van der Waals surface area contributed by atoms with Crippen LogP contribution in [0.2, 0.25) is 0 Å². The van der Waals surface area contributed by atoms with Crippen LogP contribution < -0.4 is 5.32 Å². The van der Waals surface area contributed by atoms with Crippen molar-refractivity contribution in [2.75, 3.05) is 33.4 Å². The van der Waals surface area contributed by atoms with Crippen LogP contribution in [0.15, 0.2) is 30.3 Å². The second kappa shape index (κ2) is 6.15. The molecule has 0 bridgehead atoms. The van der Waals surface area contributed by atoms with Crippen LogP contribution in [-0.2, 0) is 4.74 Å². The van der Waals surface area contributed by atoms with Crippen molar-refractivity contribution >= 4 is 0 Å². The minimum absolute atomic E-state index is 0.400. The summed E-state index contributed by atoms with van der Waals surface area (Å²) in [6.07, 6.45) is 0. The summed E-state index contributed by atoms with van der Waals surface area (Å²) in [4.78, 5) is 2.50. The number of hydrogen-bond donors (Lipinski definition) is 1. The van der Waals surface area contributed by atoms with Crippen molar-refractivity contribution in [3.05, 3.63) is 35.9 Å². The summed E-state index contributed by atoms with van der Waals surface area (Å²) in [5.74, 6) is 0. The molecule has 1 heterocycles. The summed E-state index contributed by atoms with van der Waals surface area (Å²) < 4.78 is 5.47. The summed E-state index contributed by atoms with van der Waals surface area (Å²) in [5, 5.41) is 3.40. The molecule has 3 nitrogen and oxygen atoms in total. The minimum Gasteiger partial charge on any atom is -0.379 e. The zero-order chi connectivity index (χ0) is 12.1. The van der Waals surface area contributed by atoms with Crippen LogP contribution in [0.3, 0.4) is 0 Å². The molecule has 2 atom stereocenters. The van der Waals surface area contributed by atoms with Crippen LogP contribution in [0.5, 0.6) is 0 Å². The molecule has 0 amide bonds. The third-order valence-electron chi connectivity index (χ3n) is 3.47. The van der Waals surface area contributed by atoms with Gasteiger partial charge in [0.1, 0.15) is 0 Å². The number of benzene rings is 1. The number of likely N-dealkylation sites (N-methyl/N-ethyl adjacent to an activating group) is 1. The number of hydrogen-bond acceptors (Lipinski definition) is 3. The lowest BCUT2D eigenvalue weighted by Crippen LogP contribution is -2.46. The Balaban J connectivity index is 1.99. The lowest BCUT2D eigenvalue weighted by Gasteiger charge is -2.35. The van der Waals surface area contributed by atoms with Gasteiger partial charge < -0.3 is 10.1 Å². The summed E-state index contributed by atoms with van der Waals surface area (Å²) in [5.41, 5.74) is 1.36. The van der Waals surface area contributed by atoms with Crippen LogP contribution in [0, 0.1) is 0 Å². The van der Waals surface area contributed by atoms with E-state index in [9.17, 15) is 0 Å². The molecule has 3 heteroatoms.